The monoisotopic (exact) mass is 287 g/mol. The zero-order valence-corrected chi connectivity index (χ0v) is 11.5. The van der Waals surface area contributed by atoms with Crippen LogP contribution in [0.15, 0.2) is 35.0 Å². The fraction of sp³-hybridized carbons (Fsp3) is 0.143. The summed E-state index contributed by atoms with van der Waals surface area (Å²) in [6.07, 6.45) is 2.84. The van der Waals surface area contributed by atoms with Crippen molar-refractivity contribution in [3.63, 3.8) is 0 Å². The number of aryl methyl sites for hydroxylation is 1. The Kier molecular flexibility index (Phi) is 4.45. The number of ether oxygens (including phenoxy) is 1. The molecule has 0 fully saturated rings. The second-order valence-corrected chi connectivity index (χ2v) is 4.15. The van der Waals surface area contributed by atoms with Crippen molar-refractivity contribution in [1.29, 1.82) is 0 Å². The van der Waals surface area contributed by atoms with E-state index in [2.05, 4.69) is 20.3 Å². The third kappa shape index (κ3) is 4.00. The predicted molar refractivity (Wildman–Crippen MR) is 74.4 cm³/mol. The SMILES string of the molecule is CC(=O)Oc1ccccc1/C=C/C(=O)Nc1nonc1C. The lowest BCUT2D eigenvalue weighted by molar-refractivity contribution is -0.131. The number of amides is 1. The van der Waals surface area contributed by atoms with E-state index in [1.54, 1.807) is 31.2 Å². The summed E-state index contributed by atoms with van der Waals surface area (Å²) < 4.78 is 9.52. The summed E-state index contributed by atoms with van der Waals surface area (Å²) in [5.74, 6) is -0.178. The maximum Gasteiger partial charge on any atom is 0.308 e. The Balaban J connectivity index is 2.09. The summed E-state index contributed by atoms with van der Waals surface area (Å²) >= 11 is 0. The third-order valence-electron chi connectivity index (χ3n) is 2.48. The minimum atomic E-state index is -0.426. The Bertz CT molecular complexity index is 691. The van der Waals surface area contributed by atoms with E-state index in [0.29, 0.717) is 17.0 Å². The number of aromatic nitrogens is 2. The van der Waals surface area contributed by atoms with Crippen molar-refractivity contribution in [2.75, 3.05) is 5.32 Å². The molecule has 7 nitrogen and oxygen atoms in total. The molecule has 0 bridgehead atoms. The number of hydrogen-bond acceptors (Lipinski definition) is 6. The van der Waals surface area contributed by atoms with Gasteiger partial charge < -0.3 is 10.1 Å². The normalized spacial score (nSPS) is 10.6. The molecule has 21 heavy (non-hydrogen) atoms. The molecule has 0 radical (unpaired) electrons. The van der Waals surface area contributed by atoms with Crippen LogP contribution in [0.1, 0.15) is 18.2 Å². The molecule has 7 heteroatoms. The highest BCUT2D eigenvalue weighted by Crippen LogP contribution is 2.19. The van der Waals surface area contributed by atoms with Gasteiger partial charge in [0.2, 0.25) is 11.7 Å². The van der Waals surface area contributed by atoms with E-state index in [1.807, 2.05) is 0 Å². The van der Waals surface area contributed by atoms with Gasteiger partial charge in [-0.2, -0.15) is 0 Å². The van der Waals surface area contributed by atoms with Gasteiger partial charge in [0, 0.05) is 18.6 Å². The quantitative estimate of drug-likeness (QED) is 0.524. The number of hydrogen-bond donors (Lipinski definition) is 1. The zero-order valence-electron chi connectivity index (χ0n) is 11.5. The summed E-state index contributed by atoms with van der Waals surface area (Å²) in [6, 6.07) is 6.88. The molecule has 2 rings (SSSR count). The number of benzene rings is 1. The molecule has 0 saturated heterocycles. The maximum absolute atomic E-state index is 11.8. The van der Waals surface area contributed by atoms with Crippen LogP contribution >= 0.6 is 0 Å². The van der Waals surface area contributed by atoms with Crippen molar-refractivity contribution >= 4 is 23.8 Å². The van der Waals surface area contributed by atoms with Gasteiger partial charge >= 0.3 is 5.97 Å². The summed E-state index contributed by atoms with van der Waals surface area (Å²) in [5.41, 5.74) is 1.09. The molecule has 2 aromatic rings. The minimum Gasteiger partial charge on any atom is -0.426 e. The fourth-order valence-electron chi connectivity index (χ4n) is 1.53. The van der Waals surface area contributed by atoms with Crippen molar-refractivity contribution in [2.24, 2.45) is 0 Å². The fourth-order valence-corrected chi connectivity index (χ4v) is 1.53. The largest absolute Gasteiger partial charge is 0.426 e. The molecule has 0 aliphatic carbocycles. The molecule has 0 spiro atoms. The van der Waals surface area contributed by atoms with Gasteiger partial charge in [-0.1, -0.05) is 23.4 Å². The van der Waals surface area contributed by atoms with Gasteiger partial charge in [-0.3, -0.25) is 9.59 Å². The van der Waals surface area contributed by atoms with Crippen LogP contribution in [0.2, 0.25) is 0 Å². The molecule has 0 atom stereocenters. The summed E-state index contributed by atoms with van der Waals surface area (Å²) in [5, 5.41) is 9.62. The molecule has 0 unspecified atom stereocenters. The van der Waals surface area contributed by atoms with Crippen LogP contribution < -0.4 is 10.1 Å². The van der Waals surface area contributed by atoms with E-state index < -0.39 is 11.9 Å². The number of para-hydroxylation sites is 1. The summed E-state index contributed by atoms with van der Waals surface area (Å²) in [6.45, 7) is 2.97. The molecule has 108 valence electrons. The average Bonchev–Trinajstić information content (AvgIpc) is 2.83. The van der Waals surface area contributed by atoms with E-state index in [1.165, 1.54) is 19.1 Å². The maximum atomic E-state index is 11.8. The van der Waals surface area contributed by atoms with E-state index >= 15 is 0 Å². The van der Waals surface area contributed by atoms with Gasteiger partial charge in [-0.05, 0) is 24.2 Å². The number of anilines is 1. The lowest BCUT2D eigenvalue weighted by atomic mass is 10.2. The topological polar surface area (TPSA) is 94.3 Å². The lowest BCUT2D eigenvalue weighted by Crippen LogP contribution is -2.09. The molecule has 1 amide bonds. The van der Waals surface area contributed by atoms with Crippen LogP contribution in [0, 0.1) is 6.92 Å². The summed E-state index contributed by atoms with van der Waals surface area (Å²) in [4.78, 5) is 22.8. The zero-order chi connectivity index (χ0) is 15.2. The first-order chi connectivity index (χ1) is 10.1. The first kappa shape index (κ1) is 14.4. The van der Waals surface area contributed by atoms with Crippen LogP contribution in [0.25, 0.3) is 6.08 Å². The van der Waals surface area contributed by atoms with Gasteiger partial charge in [0.05, 0.1) is 0 Å². The summed E-state index contributed by atoms with van der Waals surface area (Å²) in [7, 11) is 0. The molecule has 1 aromatic carbocycles. The number of nitrogens with zero attached hydrogens (tertiary/aromatic N) is 2. The van der Waals surface area contributed by atoms with Crippen LogP contribution in [-0.2, 0) is 9.59 Å². The number of carbonyl (C=O) groups excluding carboxylic acids is 2. The van der Waals surface area contributed by atoms with E-state index in [4.69, 9.17) is 4.74 Å². The van der Waals surface area contributed by atoms with E-state index in [9.17, 15) is 9.59 Å². The molecular weight excluding hydrogens is 274 g/mol. The van der Waals surface area contributed by atoms with Crippen LogP contribution in [0.3, 0.4) is 0 Å². The Morgan fingerprint density at radius 2 is 2.05 bits per heavy atom. The van der Waals surface area contributed by atoms with E-state index in [0.717, 1.165) is 0 Å². The van der Waals surface area contributed by atoms with E-state index in [-0.39, 0.29) is 5.82 Å². The van der Waals surface area contributed by atoms with Crippen LogP contribution in [0.4, 0.5) is 5.82 Å². The van der Waals surface area contributed by atoms with Crippen molar-refractivity contribution in [1.82, 2.24) is 10.3 Å². The Labute approximate surface area is 120 Å². The molecule has 0 aliphatic rings. The highest BCUT2D eigenvalue weighted by Gasteiger charge is 2.07. The van der Waals surface area contributed by atoms with Gasteiger partial charge in [0.1, 0.15) is 11.4 Å². The highest BCUT2D eigenvalue weighted by molar-refractivity contribution is 6.01. The lowest BCUT2D eigenvalue weighted by Gasteiger charge is -2.04. The second-order valence-electron chi connectivity index (χ2n) is 4.15. The molecule has 1 N–H and O–H groups in total. The number of esters is 1. The number of rotatable bonds is 4. The number of carbonyl (C=O) groups is 2. The number of nitrogens with one attached hydrogen (secondary N) is 1. The first-order valence-electron chi connectivity index (χ1n) is 6.12. The average molecular weight is 287 g/mol. The molecule has 0 aliphatic heterocycles. The highest BCUT2D eigenvalue weighted by atomic mass is 16.6. The Morgan fingerprint density at radius 1 is 1.29 bits per heavy atom. The predicted octanol–water partition coefficient (Wildman–Crippen LogP) is 1.96. The standard InChI is InChI=1S/C14H13N3O4/c1-9-14(17-21-16-9)15-13(19)8-7-11-5-3-4-6-12(11)20-10(2)18/h3-8H,1-2H3,(H,15,17,19)/b8-7+. The van der Waals surface area contributed by atoms with Crippen molar-refractivity contribution in [2.45, 2.75) is 13.8 Å². The van der Waals surface area contributed by atoms with Gasteiger partial charge in [-0.15, -0.1) is 0 Å². The van der Waals surface area contributed by atoms with Crippen LogP contribution in [-0.4, -0.2) is 22.2 Å². The van der Waals surface area contributed by atoms with Gasteiger partial charge in [0.15, 0.2) is 0 Å². The first-order valence-corrected chi connectivity index (χ1v) is 6.12. The third-order valence-corrected chi connectivity index (χ3v) is 2.48. The Morgan fingerprint density at radius 3 is 2.71 bits per heavy atom. The second kappa shape index (κ2) is 6.47. The smallest absolute Gasteiger partial charge is 0.308 e. The van der Waals surface area contributed by atoms with Crippen molar-refractivity contribution < 1.29 is 19.0 Å². The Hall–Kier alpha value is -2.96. The molecular formula is C14H13N3O4. The van der Waals surface area contributed by atoms with Gasteiger partial charge in [-0.25, -0.2) is 4.63 Å². The van der Waals surface area contributed by atoms with Crippen molar-refractivity contribution in [3.05, 3.63) is 41.6 Å². The molecule has 1 heterocycles. The van der Waals surface area contributed by atoms with Gasteiger partial charge in [0.25, 0.3) is 0 Å². The van der Waals surface area contributed by atoms with Crippen molar-refractivity contribution in [3.8, 4) is 5.75 Å². The minimum absolute atomic E-state index is 0.262. The van der Waals surface area contributed by atoms with Crippen LogP contribution in [0.5, 0.6) is 5.75 Å². The molecule has 0 saturated carbocycles. The molecule has 1 aromatic heterocycles.